The summed E-state index contributed by atoms with van der Waals surface area (Å²) < 4.78 is 12.6. The summed E-state index contributed by atoms with van der Waals surface area (Å²) in [5, 5.41) is 4.73. The maximum absolute atomic E-state index is 12.9. The minimum atomic E-state index is -0.133. The Hall–Kier alpha value is -3.07. The van der Waals surface area contributed by atoms with E-state index in [4.69, 9.17) is 14.3 Å². The van der Waals surface area contributed by atoms with E-state index >= 15 is 0 Å². The molecule has 3 aromatic rings. The van der Waals surface area contributed by atoms with E-state index < -0.39 is 0 Å². The Morgan fingerprint density at radius 1 is 1.29 bits per heavy atom. The van der Waals surface area contributed by atoms with Gasteiger partial charge >= 0.3 is 0 Å². The Balaban J connectivity index is 1.62. The highest BCUT2D eigenvalue weighted by Crippen LogP contribution is 2.29. The first-order chi connectivity index (χ1) is 13.7. The van der Waals surface area contributed by atoms with Crippen LogP contribution in [0.2, 0.25) is 0 Å². The van der Waals surface area contributed by atoms with E-state index in [0.29, 0.717) is 50.7 Å². The van der Waals surface area contributed by atoms with E-state index in [-0.39, 0.29) is 5.91 Å². The number of carbonyl (C=O) groups is 1. The summed E-state index contributed by atoms with van der Waals surface area (Å²) in [4.78, 5) is 27.3. The van der Waals surface area contributed by atoms with Gasteiger partial charge in [-0.3, -0.25) is 14.5 Å². The van der Waals surface area contributed by atoms with Crippen molar-refractivity contribution in [1.82, 2.24) is 29.6 Å². The van der Waals surface area contributed by atoms with Crippen molar-refractivity contribution in [2.45, 2.75) is 33.4 Å². The summed E-state index contributed by atoms with van der Waals surface area (Å²) in [5.41, 5.74) is 4.63. The van der Waals surface area contributed by atoms with E-state index in [1.807, 2.05) is 18.5 Å². The zero-order chi connectivity index (χ0) is 19.5. The second-order valence-electron chi connectivity index (χ2n) is 6.59. The molecule has 3 aromatic heterocycles. The third-order valence-corrected chi connectivity index (χ3v) is 4.75. The van der Waals surface area contributed by atoms with E-state index in [9.17, 15) is 4.79 Å². The number of aryl methyl sites for hydroxylation is 1. The number of oxazole rings is 1. The highest BCUT2D eigenvalue weighted by molar-refractivity contribution is 5.92. The Morgan fingerprint density at radius 3 is 2.89 bits per heavy atom. The minimum Gasteiger partial charge on any atom is -0.451 e. The lowest BCUT2D eigenvalue weighted by atomic mass is 10.0. The lowest BCUT2D eigenvalue weighted by Crippen LogP contribution is -2.37. The van der Waals surface area contributed by atoms with Crippen LogP contribution in [0, 0.1) is 6.92 Å². The molecule has 0 bridgehead atoms. The maximum atomic E-state index is 12.9. The lowest BCUT2D eigenvalue weighted by molar-refractivity contribution is 0.0726. The van der Waals surface area contributed by atoms with Crippen molar-refractivity contribution in [2.24, 2.45) is 0 Å². The second kappa shape index (κ2) is 7.89. The molecule has 1 aliphatic heterocycles. The molecule has 9 heteroatoms. The molecule has 0 radical (unpaired) electrons. The van der Waals surface area contributed by atoms with Gasteiger partial charge in [0, 0.05) is 37.0 Å². The van der Waals surface area contributed by atoms with Crippen molar-refractivity contribution in [1.29, 1.82) is 0 Å². The molecule has 9 nitrogen and oxygen atoms in total. The average molecular weight is 382 g/mol. The summed E-state index contributed by atoms with van der Waals surface area (Å²) in [5.74, 6) is -0.133. The number of carbonyl (C=O) groups excluding carboxylic acids is 1. The highest BCUT2D eigenvalue weighted by Gasteiger charge is 2.29. The summed E-state index contributed by atoms with van der Waals surface area (Å²) in [6, 6.07) is 0. The molecule has 1 aliphatic rings. The predicted octanol–water partition coefficient (Wildman–Crippen LogP) is 1.87. The minimum absolute atomic E-state index is 0.133. The van der Waals surface area contributed by atoms with Gasteiger partial charge in [-0.15, -0.1) is 0 Å². The van der Waals surface area contributed by atoms with E-state index in [1.54, 1.807) is 17.4 Å². The molecule has 0 saturated heterocycles. The molecule has 0 spiro atoms. The van der Waals surface area contributed by atoms with Gasteiger partial charge in [-0.2, -0.15) is 5.10 Å². The van der Waals surface area contributed by atoms with Crippen molar-refractivity contribution in [3.8, 4) is 11.4 Å². The average Bonchev–Trinajstić information content (AvgIpc) is 3.36. The molecular formula is C19H22N6O3. The van der Waals surface area contributed by atoms with Crippen LogP contribution in [0.25, 0.3) is 11.4 Å². The van der Waals surface area contributed by atoms with Crippen LogP contribution < -0.4 is 0 Å². The summed E-state index contributed by atoms with van der Waals surface area (Å²) >= 11 is 0. The van der Waals surface area contributed by atoms with Crippen LogP contribution in [0.4, 0.5) is 0 Å². The standard InChI is InChI=1S/C19H22N6O3/c1-3-27-7-6-25-17-4-5-24(19(26)15-9-20-13(2)8-21-15)10-14(17)18(23-25)16-11-28-12-22-16/h8-9,11-12H,3-7,10H2,1-2H3. The fourth-order valence-corrected chi connectivity index (χ4v) is 3.34. The van der Waals surface area contributed by atoms with Crippen molar-refractivity contribution < 1.29 is 13.9 Å². The van der Waals surface area contributed by atoms with E-state index in [1.165, 1.54) is 12.6 Å². The van der Waals surface area contributed by atoms with Gasteiger partial charge in [0.15, 0.2) is 6.39 Å². The number of rotatable bonds is 6. The van der Waals surface area contributed by atoms with Gasteiger partial charge in [-0.1, -0.05) is 0 Å². The van der Waals surface area contributed by atoms with Gasteiger partial charge in [0.1, 0.15) is 23.3 Å². The first kappa shape index (κ1) is 18.3. The molecular weight excluding hydrogens is 360 g/mol. The van der Waals surface area contributed by atoms with Crippen molar-refractivity contribution in [3.05, 3.63) is 47.7 Å². The van der Waals surface area contributed by atoms with Gasteiger partial charge < -0.3 is 14.1 Å². The molecule has 0 fully saturated rings. The van der Waals surface area contributed by atoms with Gasteiger partial charge in [0.25, 0.3) is 5.91 Å². The first-order valence-electron chi connectivity index (χ1n) is 9.30. The molecule has 1 amide bonds. The molecule has 4 rings (SSSR count). The van der Waals surface area contributed by atoms with Crippen molar-refractivity contribution in [3.63, 3.8) is 0 Å². The molecule has 0 saturated carbocycles. The lowest BCUT2D eigenvalue weighted by Gasteiger charge is -2.27. The van der Waals surface area contributed by atoms with Gasteiger partial charge in [0.05, 0.1) is 31.6 Å². The van der Waals surface area contributed by atoms with Gasteiger partial charge in [0.2, 0.25) is 0 Å². The Labute approximate surface area is 162 Å². The first-order valence-corrected chi connectivity index (χ1v) is 9.30. The number of aromatic nitrogens is 5. The smallest absolute Gasteiger partial charge is 0.274 e. The summed E-state index contributed by atoms with van der Waals surface area (Å²) in [6.45, 7) is 6.77. The van der Waals surface area contributed by atoms with Gasteiger partial charge in [-0.25, -0.2) is 9.97 Å². The maximum Gasteiger partial charge on any atom is 0.274 e. The number of ether oxygens (including phenoxy) is 1. The van der Waals surface area contributed by atoms with Crippen LogP contribution in [0.5, 0.6) is 0 Å². The normalized spacial score (nSPS) is 13.6. The third-order valence-electron chi connectivity index (χ3n) is 4.75. The molecule has 28 heavy (non-hydrogen) atoms. The largest absolute Gasteiger partial charge is 0.451 e. The van der Waals surface area contributed by atoms with E-state index in [2.05, 4.69) is 15.0 Å². The fraction of sp³-hybridized carbons (Fsp3) is 0.421. The van der Waals surface area contributed by atoms with Crippen LogP contribution in [0.15, 0.2) is 29.5 Å². The monoisotopic (exact) mass is 382 g/mol. The number of hydrogen-bond acceptors (Lipinski definition) is 7. The molecule has 146 valence electrons. The Kier molecular flexibility index (Phi) is 5.16. The van der Waals surface area contributed by atoms with E-state index in [0.717, 1.165) is 22.6 Å². The SMILES string of the molecule is CCOCCn1nc(-c2cocn2)c2c1CCN(C(=O)c1cnc(C)cn1)C2. The molecule has 0 atom stereocenters. The fourth-order valence-electron chi connectivity index (χ4n) is 3.34. The van der Waals surface area contributed by atoms with Crippen molar-refractivity contribution in [2.75, 3.05) is 19.8 Å². The zero-order valence-corrected chi connectivity index (χ0v) is 16.0. The number of fused-ring (bicyclic) bond motifs is 1. The van der Waals surface area contributed by atoms with Crippen LogP contribution in [0.1, 0.15) is 34.4 Å². The second-order valence-corrected chi connectivity index (χ2v) is 6.59. The summed E-state index contributed by atoms with van der Waals surface area (Å²) in [6.07, 6.45) is 6.79. The van der Waals surface area contributed by atoms with Crippen LogP contribution in [-0.2, 0) is 24.2 Å². The van der Waals surface area contributed by atoms with Crippen LogP contribution >= 0.6 is 0 Å². The summed E-state index contributed by atoms with van der Waals surface area (Å²) in [7, 11) is 0. The molecule has 0 N–H and O–H groups in total. The van der Waals surface area contributed by atoms with Crippen LogP contribution in [0.3, 0.4) is 0 Å². The zero-order valence-electron chi connectivity index (χ0n) is 16.0. The highest BCUT2D eigenvalue weighted by atomic mass is 16.5. The Bertz CT molecular complexity index is 949. The quantitative estimate of drug-likeness (QED) is 0.600. The molecule has 0 unspecified atom stereocenters. The van der Waals surface area contributed by atoms with Crippen molar-refractivity contribution >= 4 is 5.91 Å². The predicted molar refractivity (Wildman–Crippen MR) is 99.4 cm³/mol. The van der Waals surface area contributed by atoms with Gasteiger partial charge in [-0.05, 0) is 13.8 Å². The topological polar surface area (TPSA) is 99.2 Å². The molecule has 0 aromatic carbocycles. The molecule has 4 heterocycles. The number of nitrogens with zero attached hydrogens (tertiary/aromatic N) is 6. The third kappa shape index (κ3) is 3.53. The molecule has 0 aliphatic carbocycles. The number of amides is 1. The Morgan fingerprint density at radius 2 is 2.18 bits per heavy atom. The number of hydrogen-bond donors (Lipinski definition) is 0. The van der Waals surface area contributed by atoms with Crippen LogP contribution in [-0.4, -0.2) is 55.3 Å².